The monoisotopic (exact) mass is 239 g/mol. The number of carbonyl (C=O) groups is 2. The van der Waals surface area contributed by atoms with Crippen molar-refractivity contribution < 1.29 is 19.4 Å². The van der Waals surface area contributed by atoms with Crippen LogP contribution in [-0.2, 0) is 14.3 Å². The Bertz CT molecular complexity index is 379. The van der Waals surface area contributed by atoms with Crippen molar-refractivity contribution in [3.63, 3.8) is 0 Å². The summed E-state index contributed by atoms with van der Waals surface area (Å²) in [4.78, 5) is 23.4. The van der Waals surface area contributed by atoms with Gasteiger partial charge in [-0.05, 0) is 26.2 Å². The van der Waals surface area contributed by atoms with Crippen LogP contribution < -0.4 is 5.32 Å². The number of rotatable bonds is 2. The number of fused-ring (bicyclic) bond motifs is 1. The van der Waals surface area contributed by atoms with Crippen molar-refractivity contribution in [2.75, 3.05) is 6.61 Å². The van der Waals surface area contributed by atoms with E-state index in [0.717, 1.165) is 12.8 Å². The van der Waals surface area contributed by atoms with Crippen LogP contribution in [-0.4, -0.2) is 29.3 Å². The molecule has 1 heterocycles. The molecule has 0 bridgehead atoms. The Kier molecular flexibility index (Phi) is 2.95. The number of carbonyl (C=O) groups excluding carboxylic acids is 2. The lowest BCUT2D eigenvalue weighted by molar-refractivity contribution is -0.183. The highest BCUT2D eigenvalue weighted by atomic mass is 16.5. The molecule has 2 rings (SSSR count). The van der Waals surface area contributed by atoms with E-state index in [4.69, 9.17) is 4.74 Å². The largest absolute Gasteiger partial charge is 0.465 e. The van der Waals surface area contributed by atoms with Gasteiger partial charge in [-0.25, -0.2) is 0 Å². The van der Waals surface area contributed by atoms with Gasteiger partial charge in [0.2, 0.25) is 5.91 Å². The van der Waals surface area contributed by atoms with E-state index in [-0.39, 0.29) is 12.5 Å². The molecule has 1 saturated carbocycles. The first-order chi connectivity index (χ1) is 8.04. The summed E-state index contributed by atoms with van der Waals surface area (Å²) in [5.74, 6) is -0.826. The molecule has 0 saturated heterocycles. The molecule has 2 atom stereocenters. The summed E-state index contributed by atoms with van der Waals surface area (Å²) in [6.07, 6.45) is 5.30. The molecule has 1 amide bonds. The minimum atomic E-state index is -1.50. The number of nitrogens with one attached hydrogen (secondary N) is 1. The topological polar surface area (TPSA) is 75.6 Å². The van der Waals surface area contributed by atoms with E-state index in [9.17, 15) is 14.7 Å². The van der Waals surface area contributed by atoms with Gasteiger partial charge in [-0.1, -0.05) is 12.5 Å². The highest BCUT2D eigenvalue weighted by Gasteiger charge is 2.58. The second-order valence-corrected chi connectivity index (χ2v) is 4.58. The van der Waals surface area contributed by atoms with Crippen LogP contribution in [0.3, 0.4) is 0 Å². The van der Waals surface area contributed by atoms with Crippen LogP contribution in [0.15, 0.2) is 12.2 Å². The van der Waals surface area contributed by atoms with Crippen molar-refractivity contribution in [3.8, 4) is 0 Å². The fourth-order valence-electron chi connectivity index (χ4n) is 2.67. The summed E-state index contributed by atoms with van der Waals surface area (Å²) in [5, 5.41) is 13.0. The Labute approximate surface area is 99.8 Å². The van der Waals surface area contributed by atoms with Crippen molar-refractivity contribution in [1.82, 2.24) is 5.32 Å². The molecule has 1 fully saturated rings. The molecule has 94 valence electrons. The van der Waals surface area contributed by atoms with Crippen molar-refractivity contribution in [2.24, 2.45) is 5.41 Å². The predicted molar refractivity (Wildman–Crippen MR) is 59.8 cm³/mol. The first-order valence-corrected chi connectivity index (χ1v) is 5.95. The molecule has 0 spiro atoms. The minimum Gasteiger partial charge on any atom is -0.465 e. The SMILES string of the molecule is CCOC(=O)[C@@]12C=CC(=O)N[C@]1(O)CCCC2. The lowest BCUT2D eigenvalue weighted by Crippen LogP contribution is -2.66. The van der Waals surface area contributed by atoms with Gasteiger partial charge in [-0.15, -0.1) is 0 Å². The predicted octanol–water partition coefficient (Wildman–Crippen LogP) is 0.484. The van der Waals surface area contributed by atoms with Gasteiger partial charge in [0.1, 0.15) is 5.41 Å². The summed E-state index contributed by atoms with van der Waals surface area (Å²) < 4.78 is 5.04. The normalized spacial score (nSPS) is 36.0. The zero-order valence-electron chi connectivity index (χ0n) is 9.86. The van der Waals surface area contributed by atoms with Crippen molar-refractivity contribution in [3.05, 3.63) is 12.2 Å². The van der Waals surface area contributed by atoms with E-state index in [1.165, 1.54) is 12.2 Å². The van der Waals surface area contributed by atoms with Gasteiger partial charge in [0.15, 0.2) is 5.72 Å². The van der Waals surface area contributed by atoms with Gasteiger partial charge in [-0.3, -0.25) is 9.59 Å². The summed E-state index contributed by atoms with van der Waals surface area (Å²) in [6.45, 7) is 1.99. The molecule has 2 aliphatic rings. The average Bonchev–Trinajstić information content (AvgIpc) is 2.28. The van der Waals surface area contributed by atoms with Crippen LogP contribution in [0, 0.1) is 5.41 Å². The Balaban J connectivity index is 2.40. The van der Waals surface area contributed by atoms with Crippen molar-refractivity contribution in [1.29, 1.82) is 0 Å². The molecule has 17 heavy (non-hydrogen) atoms. The quantitative estimate of drug-likeness (QED) is 0.687. The van der Waals surface area contributed by atoms with Crippen LogP contribution in [0.5, 0.6) is 0 Å². The molecule has 5 nitrogen and oxygen atoms in total. The van der Waals surface area contributed by atoms with Gasteiger partial charge in [0.25, 0.3) is 0 Å². The molecule has 0 aromatic rings. The number of ether oxygens (including phenoxy) is 1. The molecule has 2 N–H and O–H groups in total. The van der Waals surface area contributed by atoms with Gasteiger partial charge >= 0.3 is 5.97 Å². The van der Waals surface area contributed by atoms with E-state index in [2.05, 4.69) is 5.32 Å². The second kappa shape index (κ2) is 4.14. The van der Waals surface area contributed by atoms with E-state index in [1.807, 2.05) is 0 Å². The number of amides is 1. The van der Waals surface area contributed by atoms with E-state index < -0.39 is 17.1 Å². The summed E-state index contributed by atoms with van der Waals surface area (Å²) in [7, 11) is 0. The zero-order chi connectivity index (χ0) is 12.5. The van der Waals surface area contributed by atoms with E-state index in [1.54, 1.807) is 6.92 Å². The molecule has 0 aromatic heterocycles. The van der Waals surface area contributed by atoms with Crippen LogP contribution in [0.4, 0.5) is 0 Å². The fraction of sp³-hybridized carbons (Fsp3) is 0.667. The fourth-order valence-corrected chi connectivity index (χ4v) is 2.67. The van der Waals surface area contributed by atoms with Crippen LogP contribution in [0.1, 0.15) is 32.6 Å². The molecular formula is C12H17NO4. The Morgan fingerprint density at radius 2 is 2.24 bits per heavy atom. The lowest BCUT2D eigenvalue weighted by Gasteiger charge is -2.48. The standard InChI is InChI=1S/C12H17NO4/c1-2-17-10(15)11-6-3-4-7-12(11,16)13-9(14)5-8-11/h5,8,16H,2-4,6-7H2,1H3,(H,13,14)/t11-,12+/m1/s1. The Morgan fingerprint density at radius 3 is 2.94 bits per heavy atom. The molecule has 0 unspecified atom stereocenters. The molecule has 0 aromatic carbocycles. The van der Waals surface area contributed by atoms with Crippen LogP contribution in [0.2, 0.25) is 0 Å². The zero-order valence-corrected chi connectivity index (χ0v) is 9.86. The maximum absolute atomic E-state index is 12.1. The molecule has 1 aliphatic heterocycles. The van der Waals surface area contributed by atoms with Crippen LogP contribution in [0.25, 0.3) is 0 Å². The van der Waals surface area contributed by atoms with Gasteiger partial charge in [0, 0.05) is 6.08 Å². The summed E-state index contributed by atoms with van der Waals surface area (Å²) in [5.41, 5.74) is -2.61. The smallest absolute Gasteiger partial charge is 0.320 e. The van der Waals surface area contributed by atoms with Crippen molar-refractivity contribution in [2.45, 2.75) is 38.3 Å². The first-order valence-electron chi connectivity index (χ1n) is 5.95. The summed E-state index contributed by atoms with van der Waals surface area (Å²) >= 11 is 0. The van der Waals surface area contributed by atoms with E-state index in [0.29, 0.717) is 12.8 Å². The van der Waals surface area contributed by atoms with Gasteiger partial charge in [-0.2, -0.15) is 0 Å². The van der Waals surface area contributed by atoms with Gasteiger partial charge < -0.3 is 15.2 Å². The third kappa shape index (κ3) is 1.74. The number of hydrogen-bond acceptors (Lipinski definition) is 4. The minimum absolute atomic E-state index is 0.262. The average molecular weight is 239 g/mol. The highest BCUT2D eigenvalue weighted by molar-refractivity contribution is 5.93. The van der Waals surface area contributed by atoms with Crippen LogP contribution >= 0.6 is 0 Å². The number of esters is 1. The molecule has 5 heteroatoms. The first kappa shape index (κ1) is 12.1. The number of aliphatic hydroxyl groups is 1. The Hall–Kier alpha value is -1.36. The summed E-state index contributed by atoms with van der Waals surface area (Å²) in [6, 6.07) is 0. The maximum Gasteiger partial charge on any atom is 0.320 e. The lowest BCUT2D eigenvalue weighted by atomic mass is 9.66. The molecule has 0 radical (unpaired) electrons. The van der Waals surface area contributed by atoms with E-state index >= 15 is 0 Å². The van der Waals surface area contributed by atoms with Crippen molar-refractivity contribution >= 4 is 11.9 Å². The molecular weight excluding hydrogens is 222 g/mol. The maximum atomic E-state index is 12.1. The molecule has 1 aliphatic carbocycles. The third-order valence-corrected chi connectivity index (χ3v) is 3.59. The highest BCUT2D eigenvalue weighted by Crippen LogP contribution is 2.46. The van der Waals surface area contributed by atoms with Gasteiger partial charge in [0.05, 0.1) is 6.61 Å². The Morgan fingerprint density at radius 1 is 1.53 bits per heavy atom. The second-order valence-electron chi connectivity index (χ2n) is 4.58. The number of hydrogen-bond donors (Lipinski definition) is 2. The third-order valence-electron chi connectivity index (χ3n) is 3.59.